The van der Waals surface area contributed by atoms with Crippen LogP contribution in [0.2, 0.25) is 0 Å². The van der Waals surface area contributed by atoms with Crippen LogP contribution < -0.4 is 5.32 Å². The van der Waals surface area contributed by atoms with Gasteiger partial charge in [0, 0.05) is 17.2 Å². The lowest BCUT2D eigenvalue weighted by atomic mass is 10.3. The van der Waals surface area contributed by atoms with Crippen molar-refractivity contribution in [2.45, 2.75) is 20.3 Å². The summed E-state index contributed by atoms with van der Waals surface area (Å²) in [7, 11) is 0. The van der Waals surface area contributed by atoms with E-state index in [1.165, 1.54) is 0 Å². The van der Waals surface area contributed by atoms with Crippen LogP contribution in [0.25, 0.3) is 11.5 Å². The molecule has 1 N–H and O–H groups in total. The van der Waals surface area contributed by atoms with Crippen LogP contribution in [-0.2, 0) is 0 Å². The minimum Gasteiger partial charge on any atom is -0.369 e. The SMILES string of the molecule is CCCNc1nc(-c2ccc(Br)cn2)nc(C)c1I. The van der Waals surface area contributed by atoms with Crippen LogP contribution in [0.1, 0.15) is 19.0 Å². The van der Waals surface area contributed by atoms with Crippen molar-refractivity contribution < 1.29 is 0 Å². The van der Waals surface area contributed by atoms with Gasteiger partial charge in [0.25, 0.3) is 0 Å². The van der Waals surface area contributed by atoms with Crippen molar-refractivity contribution >= 4 is 44.3 Å². The first kappa shape index (κ1) is 14.6. The molecule has 6 heteroatoms. The Morgan fingerprint density at radius 3 is 2.74 bits per heavy atom. The molecule has 19 heavy (non-hydrogen) atoms. The Morgan fingerprint density at radius 2 is 2.11 bits per heavy atom. The van der Waals surface area contributed by atoms with E-state index in [0.717, 1.165) is 38.2 Å². The van der Waals surface area contributed by atoms with Crippen molar-refractivity contribution in [2.24, 2.45) is 0 Å². The first-order valence-corrected chi connectivity index (χ1v) is 7.89. The van der Waals surface area contributed by atoms with Gasteiger partial charge in [0.05, 0.1) is 9.26 Å². The van der Waals surface area contributed by atoms with Crippen molar-refractivity contribution in [1.29, 1.82) is 0 Å². The van der Waals surface area contributed by atoms with E-state index in [1.54, 1.807) is 6.20 Å². The fourth-order valence-corrected chi connectivity index (χ4v) is 2.21. The fourth-order valence-electron chi connectivity index (χ4n) is 1.54. The van der Waals surface area contributed by atoms with Gasteiger partial charge in [0.15, 0.2) is 5.82 Å². The van der Waals surface area contributed by atoms with E-state index in [0.29, 0.717) is 5.82 Å². The number of halogens is 2. The molecule has 0 aliphatic rings. The van der Waals surface area contributed by atoms with Gasteiger partial charge in [0.2, 0.25) is 0 Å². The molecule has 0 aliphatic carbocycles. The van der Waals surface area contributed by atoms with Gasteiger partial charge in [-0.15, -0.1) is 0 Å². The van der Waals surface area contributed by atoms with Gasteiger partial charge >= 0.3 is 0 Å². The van der Waals surface area contributed by atoms with Crippen LogP contribution in [-0.4, -0.2) is 21.5 Å². The van der Waals surface area contributed by atoms with Crippen molar-refractivity contribution in [3.05, 3.63) is 32.1 Å². The number of pyridine rings is 1. The Morgan fingerprint density at radius 1 is 1.32 bits per heavy atom. The summed E-state index contributed by atoms with van der Waals surface area (Å²) < 4.78 is 2.01. The summed E-state index contributed by atoms with van der Waals surface area (Å²) in [6, 6.07) is 3.85. The highest BCUT2D eigenvalue weighted by molar-refractivity contribution is 14.1. The summed E-state index contributed by atoms with van der Waals surface area (Å²) in [6.07, 6.45) is 2.82. The average molecular weight is 433 g/mol. The Balaban J connectivity index is 2.40. The zero-order valence-corrected chi connectivity index (χ0v) is 14.5. The summed E-state index contributed by atoms with van der Waals surface area (Å²) in [6.45, 7) is 5.02. The zero-order chi connectivity index (χ0) is 13.8. The third kappa shape index (κ3) is 3.62. The topological polar surface area (TPSA) is 50.7 Å². The molecule has 0 saturated carbocycles. The second kappa shape index (κ2) is 6.60. The number of hydrogen-bond donors (Lipinski definition) is 1. The molecule has 0 spiro atoms. The molecule has 0 aromatic carbocycles. The molecule has 4 nitrogen and oxygen atoms in total. The van der Waals surface area contributed by atoms with Gasteiger partial charge < -0.3 is 5.32 Å². The highest BCUT2D eigenvalue weighted by Gasteiger charge is 2.11. The van der Waals surface area contributed by atoms with Crippen molar-refractivity contribution in [2.75, 3.05) is 11.9 Å². The van der Waals surface area contributed by atoms with E-state index in [1.807, 2.05) is 19.1 Å². The Bertz CT molecular complexity index is 572. The monoisotopic (exact) mass is 432 g/mol. The standard InChI is InChI=1S/C13H14BrIN4/c1-3-6-16-13-11(15)8(2)18-12(19-13)10-5-4-9(14)7-17-10/h4-5,7H,3,6H2,1-2H3,(H,16,18,19). The van der Waals surface area contributed by atoms with E-state index in [-0.39, 0.29) is 0 Å². The van der Waals surface area contributed by atoms with E-state index in [2.05, 4.69) is 65.7 Å². The van der Waals surface area contributed by atoms with E-state index in [4.69, 9.17) is 0 Å². The molecule has 2 aromatic rings. The number of aromatic nitrogens is 3. The largest absolute Gasteiger partial charge is 0.369 e. The molecule has 0 aliphatic heterocycles. The molecule has 2 rings (SSSR count). The number of aryl methyl sites for hydroxylation is 1. The Kier molecular flexibility index (Phi) is 5.09. The van der Waals surface area contributed by atoms with Crippen LogP contribution in [0.5, 0.6) is 0 Å². The maximum absolute atomic E-state index is 4.56. The van der Waals surface area contributed by atoms with Crippen molar-refractivity contribution in [3.63, 3.8) is 0 Å². The van der Waals surface area contributed by atoms with Crippen LogP contribution in [0.15, 0.2) is 22.8 Å². The molecule has 0 radical (unpaired) electrons. The van der Waals surface area contributed by atoms with E-state index in [9.17, 15) is 0 Å². The third-order valence-corrected chi connectivity index (χ3v) is 4.28. The van der Waals surface area contributed by atoms with Crippen LogP contribution >= 0.6 is 38.5 Å². The van der Waals surface area contributed by atoms with Gasteiger partial charge in [-0.3, -0.25) is 4.98 Å². The molecule has 2 aromatic heterocycles. The minimum atomic E-state index is 0.656. The van der Waals surface area contributed by atoms with Crippen LogP contribution in [0, 0.1) is 10.5 Å². The zero-order valence-electron chi connectivity index (χ0n) is 10.7. The highest BCUT2D eigenvalue weighted by atomic mass is 127. The first-order chi connectivity index (χ1) is 9.11. The van der Waals surface area contributed by atoms with Crippen LogP contribution in [0.4, 0.5) is 5.82 Å². The number of rotatable bonds is 4. The second-order valence-corrected chi connectivity index (χ2v) is 6.08. The summed E-state index contributed by atoms with van der Waals surface area (Å²) in [5.74, 6) is 1.54. The molecule has 0 amide bonds. The second-order valence-electron chi connectivity index (χ2n) is 4.08. The number of nitrogens with zero attached hydrogens (tertiary/aromatic N) is 3. The minimum absolute atomic E-state index is 0.656. The number of anilines is 1. The van der Waals surface area contributed by atoms with Crippen molar-refractivity contribution in [1.82, 2.24) is 15.0 Å². The van der Waals surface area contributed by atoms with Gasteiger partial charge in [-0.1, -0.05) is 6.92 Å². The lowest BCUT2D eigenvalue weighted by molar-refractivity contribution is 0.956. The smallest absolute Gasteiger partial charge is 0.180 e. The van der Waals surface area contributed by atoms with Gasteiger partial charge in [-0.2, -0.15) is 0 Å². The lowest BCUT2D eigenvalue weighted by Gasteiger charge is -2.10. The maximum Gasteiger partial charge on any atom is 0.180 e. The molecular formula is C13H14BrIN4. The van der Waals surface area contributed by atoms with Gasteiger partial charge in [-0.25, -0.2) is 9.97 Å². The first-order valence-electron chi connectivity index (χ1n) is 6.01. The fraction of sp³-hybridized carbons (Fsp3) is 0.308. The maximum atomic E-state index is 4.56. The van der Waals surface area contributed by atoms with E-state index < -0.39 is 0 Å². The molecular weight excluding hydrogens is 419 g/mol. The highest BCUT2D eigenvalue weighted by Crippen LogP contribution is 2.23. The summed E-state index contributed by atoms with van der Waals surface area (Å²) >= 11 is 5.65. The third-order valence-electron chi connectivity index (χ3n) is 2.52. The molecule has 0 saturated heterocycles. The van der Waals surface area contributed by atoms with Crippen molar-refractivity contribution in [3.8, 4) is 11.5 Å². The number of nitrogens with one attached hydrogen (secondary N) is 1. The Labute approximate surface area is 134 Å². The molecule has 0 fully saturated rings. The predicted molar refractivity (Wildman–Crippen MR) is 89.2 cm³/mol. The molecule has 0 bridgehead atoms. The Hall–Kier alpha value is -0.760. The lowest BCUT2D eigenvalue weighted by Crippen LogP contribution is -2.08. The summed E-state index contributed by atoms with van der Waals surface area (Å²) in [4.78, 5) is 13.4. The molecule has 0 atom stereocenters. The average Bonchev–Trinajstić information content (AvgIpc) is 2.41. The molecule has 0 unspecified atom stereocenters. The van der Waals surface area contributed by atoms with E-state index >= 15 is 0 Å². The normalized spacial score (nSPS) is 10.5. The number of hydrogen-bond acceptors (Lipinski definition) is 4. The summed E-state index contributed by atoms with van der Waals surface area (Å²) in [5.41, 5.74) is 1.75. The van der Waals surface area contributed by atoms with Crippen LogP contribution in [0.3, 0.4) is 0 Å². The van der Waals surface area contributed by atoms with Gasteiger partial charge in [-0.05, 0) is 64.0 Å². The van der Waals surface area contributed by atoms with Gasteiger partial charge in [0.1, 0.15) is 11.5 Å². The molecule has 2 heterocycles. The quantitative estimate of drug-likeness (QED) is 0.741. The predicted octanol–water partition coefficient (Wildman–Crippen LogP) is 4.04. The molecule has 100 valence electrons. The summed E-state index contributed by atoms with van der Waals surface area (Å²) in [5, 5.41) is 3.33.